The molecule has 0 amide bonds. The van der Waals surface area contributed by atoms with Crippen LogP contribution in [0.3, 0.4) is 0 Å². The zero-order valence-electron chi connectivity index (χ0n) is 28.0. The van der Waals surface area contributed by atoms with Gasteiger partial charge in [-0.05, 0) is 65.7 Å². The van der Waals surface area contributed by atoms with E-state index in [4.69, 9.17) is 19.4 Å². The Bertz CT molecular complexity index is 3150. The first kappa shape index (κ1) is 30.1. The second-order valence-corrected chi connectivity index (χ2v) is 15.2. The molecule has 0 aliphatic carbocycles. The Morgan fingerprint density at radius 1 is 0.377 bits per heavy atom. The van der Waals surface area contributed by atoms with Crippen molar-refractivity contribution in [2.24, 2.45) is 0 Å². The fraction of sp³-hybridized carbons (Fsp3) is 0. The third-order valence-corrected chi connectivity index (χ3v) is 12.1. The SMILES string of the molecule is c1ccc(-c2nc(-c3cccc4sc5ccccc5c34)nc(-c3cccc4sc5ccc(-c6ccc(-c7nc8ccccc8o7)cc6)cc5c34)n2)cc1. The molecule has 0 atom stereocenters. The maximum Gasteiger partial charge on any atom is 0.227 e. The van der Waals surface area contributed by atoms with E-state index >= 15 is 0 Å². The highest BCUT2D eigenvalue weighted by molar-refractivity contribution is 7.26. The molecule has 0 spiro atoms. The Balaban J connectivity index is 1.07. The normalized spacial score (nSPS) is 11.8. The largest absolute Gasteiger partial charge is 0.436 e. The van der Waals surface area contributed by atoms with Crippen LogP contribution >= 0.6 is 22.7 Å². The first-order valence-electron chi connectivity index (χ1n) is 17.4. The van der Waals surface area contributed by atoms with Crippen LogP contribution in [0.1, 0.15) is 0 Å². The van der Waals surface area contributed by atoms with Crippen molar-refractivity contribution in [3.05, 3.63) is 158 Å². The highest BCUT2D eigenvalue weighted by Gasteiger charge is 2.20. The fourth-order valence-electron chi connectivity index (χ4n) is 7.29. The minimum Gasteiger partial charge on any atom is -0.436 e. The van der Waals surface area contributed by atoms with Crippen molar-refractivity contribution in [3.63, 3.8) is 0 Å². The van der Waals surface area contributed by atoms with E-state index in [0.29, 0.717) is 23.4 Å². The lowest BCUT2D eigenvalue weighted by molar-refractivity contribution is 0.620. The number of rotatable bonds is 5. The van der Waals surface area contributed by atoms with Gasteiger partial charge in [0.05, 0.1) is 0 Å². The first-order chi connectivity index (χ1) is 26.2. The second kappa shape index (κ2) is 12.0. The van der Waals surface area contributed by atoms with Crippen molar-refractivity contribution < 1.29 is 4.42 Å². The molecule has 0 aliphatic heterocycles. The predicted molar refractivity (Wildman–Crippen MR) is 220 cm³/mol. The summed E-state index contributed by atoms with van der Waals surface area (Å²) < 4.78 is 10.9. The number of para-hydroxylation sites is 2. The molecule has 0 aliphatic rings. The standard InChI is InChI=1S/C46H26N4OS2/c1-2-10-28(11-3-1)43-48-44(32-13-8-18-39-41(32)31-12-4-7-17-37(31)52-39)50-45(49-43)33-14-9-19-40-42(33)34-26-30(24-25-38(34)53-40)27-20-22-29(23-21-27)46-47-35-15-5-6-16-36(35)51-46/h1-26H. The highest BCUT2D eigenvalue weighted by atomic mass is 32.1. The molecule has 11 rings (SSSR count). The molecule has 0 fully saturated rings. The van der Waals surface area contributed by atoms with Crippen LogP contribution in [0, 0.1) is 0 Å². The molecule has 0 saturated heterocycles. The molecule has 4 aromatic heterocycles. The van der Waals surface area contributed by atoms with Crippen LogP contribution in [-0.4, -0.2) is 19.9 Å². The molecule has 0 saturated carbocycles. The number of oxazole rings is 1. The number of hydrogen-bond donors (Lipinski definition) is 0. The number of fused-ring (bicyclic) bond motifs is 7. The van der Waals surface area contributed by atoms with Gasteiger partial charge in [-0.15, -0.1) is 22.7 Å². The van der Waals surface area contributed by atoms with Gasteiger partial charge in [0.2, 0.25) is 5.89 Å². The van der Waals surface area contributed by atoms with Crippen LogP contribution in [0.5, 0.6) is 0 Å². The molecule has 5 nitrogen and oxygen atoms in total. The van der Waals surface area contributed by atoms with E-state index in [-0.39, 0.29) is 0 Å². The van der Waals surface area contributed by atoms with E-state index in [1.807, 2.05) is 42.5 Å². The summed E-state index contributed by atoms with van der Waals surface area (Å²) in [4.78, 5) is 20.3. The number of thiophene rings is 2. The Labute approximate surface area is 311 Å². The van der Waals surface area contributed by atoms with Crippen LogP contribution in [0.25, 0.3) is 108 Å². The van der Waals surface area contributed by atoms with Crippen molar-refractivity contribution in [3.8, 4) is 56.7 Å². The van der Waals surface area contributed by atoms with Gasteiger partial charge in [0.1, 0.15) is 5.52 Å². The molecule has 11 aromatic rings. The highest BCUT2D eigenvalue weighted by Crippen LogP contribution is 2.43. The molecular weight excluding hydrogens is 689 g/mol. The number of hydrogen-bond acceptors (Lipinski definition) is 7. The summed E-state index contributed by atoms with van der Waals surface area (Å²) in [6, 6.07) is 54.6. The number of nitrogens with zero attached hydrogens (tertiary/aromatic N) is 4. The molecule has 53 heavy (non-hydrogen) atoms. The van der Waals surface area contributed by atoms with Crippen molar-refractivity contribution in [1.29, 1.82) is 0 Å². The lowest BCUT2D eigenvalue weighted by Crippen LogP contribution is -2.00. The summed E-state index contributed by atoms with van der Waals surface area (Å²) in [5, 5.41) is 4.71. The maximum absolute atomic E-state index is 6.03. The van der Waals surface area contributed by atoms with Crippen LogP contribution in [0.2, 0.25) is 0 Å². The third-order valence-electron chi connectivity index (χ3n) is 9.81. The number of aromatic nitrogens is 4. The molecule has 0 N–H and O–H groups in total. The molecule has 0 unspecified atom stereocenters. The van der Waals surface area contributed by atoms with Crippen molar-refractivity contribution in [1.82, 2.24) is 19.9 Å². The third kappa shape index (κ3) is 5.04. The first-order valence-corrected chi connectivity index (χ1v) is 19.0. The molecule has 4 heterocycles. The molecule has 0 radical (unpaired) electrons. The van der Waals surface area contributed by atoms with E-state index in [1.54, 1.807) is 22.7 Å². The topological polar surface area (TPSA) is 64.7 Å². The lowest BCUT2D eigenvalue weighted by Gasteiger charge is -2.11. The van der Waals surface area contributed by atoms with E-state index < -0.39 is 0 Å². The van der Waals surface area contributed by atoms with Gasteiger partial charge in [0.25, 0.3) is 0 Å². The van der Waals surface area contributed by atoms with Gasteiger partial charge in [0.15, 0.2) is 23.1 Å². The molecule has 0 bridgehead atoms. The monoisotopic (exact) mass is 714 g/mol. The van der Waals surface area contributed by atoms with Gasteiger partial charge in [-0.3, -0.25) is 0 Å². The summed E-state index contributed by atoms with van der Waals surface area (Å²) in [5.74, 6) is 2.60. The summed E-state index contributed by atoms with van der Waals surface area (Å²) in [7, 11) is 0. The van der Waals surface area contributed by atoms with E-state index in [9.17, 15) is 0 Å². The Kier molecular flexibility index (Phi) is 6.83. The predicted octanol–water partition coefficient (Wildman–Crippen LogP) is 13.1. The average Bonchev–Trinajstić information content (AvgIpc) is 3.94. The minimum absolute atomic E-state index is 0.622. The van der Waals surface area contributed by atoms with Gasteiger partial charge >= 0.3 is 0 Å². The van der Waals surface area contributed by atoms with Gasteiger partial charge in [-0.1, -0.05) is 103 Å². The quantitative estimate of drug-likeness (QED) is 0.178. The maximum atomic E-state index is 6.03. The second-order valence-electron chi connectivity index (χ2n) is 13.0. The summed E-state index contributed by atoms with van der Waals surface area (Å²) in [5.41, 5.74) is 7.78. The zero-order chi connectivity index (χ0) is 34.9. The summed E-state index contributed by atoms with van der Waals surface area (Å²) in [6.45, 7) is 0. The smallest absolute Gasteiger partial charge is 0.227 e. The van der Waals surface area contributed by atoms with Gasteiger partial charge in [-0.2, -0.15) is 0 Å². The van der Waals surface area contributed by atoms with E-state index in [0.717, 1.165) is 49.9 Å². The van der Waals surface area contributed by atoms with Crippen molar-refractivity contribution in [2.45, 2.75) is 0 Å². The molecule has 7 heteroatoms. The molecular formula is C46H26N4OS2. The average molecular weight is 715 g/mol. The Hall–Kier alpha value is -6.54. The Morgan fingerprint density at radius 3 is 1.72 bits per heavy atom. The summed E-state index contributed by atoms with van der Waals surface area (Å²) in [6.07, 6.45) is 0. The lowest BCUT2D eigenvalue weighted by atomic mass is 9.99. The van der Waals surface area contributed by atoms with Crippen LogP contribution in [-0.2, 0) is 0 Å². The van der Waals surface area contributed by atoms with Crippen molar-refractivity contribution in [2.75, 3.05) is 0 Å². The summed E-state index contributed by atoms with van der Waals surface area (Å²) >= 11 is 3.59. The van der Waals surface area contributed by atoms with E-state index in [2.05, 4.69) is 120 Å². The molecule has 7 aromatic carbocycles. The van der Waals surface area contributed by atoms with Crippen LogP contribution in [0.15, 0.2) is 162 Å². The van der Waals surface area contributed by atoms with Crippen molar-refractivity contribution >= 4 is 74.1 Å². The minimum atomic E-state index is 0.622. The Morgan fingerprint density at radius 2 is 0.962 bits per heavy atom. The van der Waals surface area contributed by atoms with Crippen LogP contribution < -0.4 is 0 Å². The zero-order valence-corrected chi connectivity index (χ0v) is 29.7. The van der Waals surface area contributed by atoms with Gasteiger partial charge in [-0.25, -0.2) is 19.9 Å². The fourth-order valence-corrected chi connectivity index (χ4v) is 9.53. The van der Waals surface area contributed by atoms with Crippen LogP contribution in [0.4, 0.5) is 0 Å². The number of benzene rings is 7. The van der Waals surface area contributed by atoms with Gasteiger partial charge < -0.3 is 4.42 Å². The van der Waals surface area contributed by atoms with E-state index in [1.165, 1.54) is 35.0 Å². The van der Waals surface area contributed by atoms with Gasteiger partial charge in [0, 0.05) is 62.6 Å². The molecule has 248 valence electrons.